The Balaban J connectivity index is 1.45. The third kappa shape index (κ3) is 4.26. The van der Waals surface area contributed by atoms with E-state index in [4.69, 9.17) is 0 Å². The monoisotopic (exact) mass is 431 g/mol. The maximum atomic E-state index is 12.7. The van der Waals surface area contributed by atoms with E-state index in [0.29, 0.717) is 42.5 Å². The van der Waals surface area contributed by atoms with E-state index in [2.05, 4.69) is 4.98 Å². The number of carbonyl (C=O) groups excluding carboxylic acids is 1. The Labute approximate surface area is 174 Å². The van der Waals surface area contributed by atoms with Gasteiger partial charge in [0.1, 0.15) is 0 Å². The van der Waals surface area contributed by atoms with Crippen molar-refractivity contribution >= 4 is 16.9 Å². The lowest BCUT2D eigenvalue weighted by atomic mass is 10.0. The number of nitrogens with zero attached hydrogens (tertiary/aromatic N) is 2. The van der Waals surface area contributed by atoms with Crippen LogP contribution >= 0.6 is 0 Å². The quantitative estimate of drug-likeness (QED) is 0.648. The van der Waals surface area contributed by atoms with Crippen LogP contribution in [0.4, 0.5) is 13.2 Å². The van der Waals surface area contributed by atoms with E-state index >= 15 is 0 Å². The highest BCUT2D eigenvalue weighted by atomic mass is 19.4. The number of aromatic nitrogens is 2. The fourth-order valence-corrected chi connectivity index (χ4v) is 4.02. The largest absolute Gasteiger partial charge is 0.416 e. The van der Waals surface area contributed by atoms with Crippen molar-refractivity contribution in [2.45, 2.75) is 31.5 Å². The van der Waals surface area contributed by atoms with Crippen molar-refractivity contribution in [3.63, 3.8) is 0 Å². The summed E-state index contributed by atoms with van der Waals surface area (Å²) in [6.45, 7) is 0.801. The second-order valence-corrected chi connectivity index (χ2v) is 7.63. The predicted molar refractivity (Wildman–Crippen MR) is 109 cm³/mol. The lowest BCUT2D eigenvalue weighted by Crippen LogP contribution is -2.44. The van der Waals surface area contributed by atoms with Gasteiger partial charge >= 0.3 is 17.3 Å². The average Bonchev–Trinajstić information content (AvgIpc) is 2.74. The molecule has 0 spiro atoms. The lowest BCUT2D eigenvalue weighted by Gasteiger charge is -2.33. The molecule has 4 rings (SSSR count). The molecule has 1 N–H and O–H groups in total. The van der Waals surface area contributed by atoms with Crippen LogP contribution in [0.25, 0.3) is 11.0 Å². The van der Waals surface area contributed by atoms with Crippen LogP contribution in [0.3, 0.4) is 0 Å². The topological polar surface area (TPSA) is 75.2 Å². The number of hydrogen-bond donors (Lipinski definition) is 1. The van der Waals surface area contributed by atoms with Crippen molar-refractivity contribution < 1.29 is 18.0 Å². The normalized spacial score (nSPS) is 15.4. The molecule has 0 aliphatic carbocycles. The van der Waals surface area contributed by atoms with Crippen molar-refractivity contribution in [2.24, 2.45) is 0 Å². The van der Waals surface area contributed by atoms with Gasteiger partial charge < -0.3 is 9.88 Å². The van der Waals surface area contributed by atoms with Crippen LogP contribution in [-0.2, 0) is 17.4 Å². The Bertz CT molecular complexity index is 1220. The zero-order chi connectivity index (χ0) is 22.2. The fourth-order valence-electron chi connectivity index (χ4n) is 4.02. The predicted octanol–water partition coefficient (Wildman–Crippen LogP) is 3.11. The Morgan fingerprint density at radius 3 is 2.29 bits per heavy atom. The van der Waals surface area contributed by atoms with Gasteiger partial charge in [-0.1, -0.05) is 24.3 Å². The highest BCUT2D eigenvalue weighted by Crippen LogP contribution is 2.29. The zero-order valence-corrected chi connectivity index (χ0v) is 16.5. The molecule has 0 radical (unpaired) electrons. The number of hydrogen-bond acceptors (Lipinski definition) is 3. The molecule has 1 fully saturated rings. The maximum absolute atomic E-state index is 12.7. The molecule has 0 unspecified atom stereocenters. The van der Waals surface area contributed by atoms with Gasteiger partial charge in [0.05, 0.1) is 23.0 Å². The lowest BCUT2D eigenvalue weighted by molar-refractivity contribution is -0.137. The summed E-state index contributed by atoms with van der Waals surface area (Å²) in [5, 5.41) is 0. The number of aromatic amines is 1. The number of carbonyl (C=O) groups is 1. The van der Waals surface area contributed by atoms with E-state index in [1.165, 1.54) is 16.7 Å². The number of fused-ring (bicyclic) bond motifs is 1. The van der Waals surface area contributed by atoms with Crippen LogP contribution < -0.4 is 11.1 Å². The summed E-state index contributed by atoms with van der Waals surface area (Å²) in [4.78, 5) is 41.4. The van der Waals surface area contributed by atoms with E-state index < -0.39 is 22.9 Å². The molecule has 6 nitrogen and oxygen atoms in total. The first kappa shape index (κ1) is 20.9. The molecule has 0 atom stereocenters. The molecule has 3 aromatic rings. The number of rotatable bonds is 3. The van der Waals surface area contributed by atoms with E-state index in [0.717, 1.165) is 12.1 Å². The molecular weight excluding hydrogens is 411 g/mol. The van der Waals surface area contributed by atoms with Crippen molar-refractivity contribution in [3.05, 3.63) is 80.4 Å². The second-order valence-electron chi connectivity index (χ2n) is 7.63. The SMILES string of the molecule is O=C(Cc1ccc(C(F)(F)F)cc1)N1CCC(n2c(=O)c(=O)[nH]c3ccccc32)CC1. The minimum atomic E-state index is -4.41. The van der Waals surface area contributed by atoms with Gasteiger partial charge in [0.15, 0.2) is 0 Å². The smallest absolute Gasteiger partial charge is 0.342 e. The van der Waals surface area contributed by atoms with Gasteiger partial charge in [-0.05, 0) is 42.7 Å². The molecule has 1 amide bonds. The van der Waals surface area contributed by atoms with Gasteiger partial charge in [0.2, 0.25) is 5.91 Å². The number of H-pyrrole nitrogens is 1. The Hall–Kier alpha value is -3.36. The Morgan fingerprint density at radius 2 is 1.65 bits per heavy atom. The van der Waals surface area contributed by atoms with Crippen molar-refractivity contribution in [1.82, 2.24) is 14.5 Å². The summed E-state index contributed by atoms with van der Waals surface area (Å²) in [6, 6.07) is 11.4. The van der Waals surface area contributed by atoms with Crippen molar-refractivity contribution in [1.29, 1.82) is 0 Å². The summed E-state index contributed by atoms with van der Waals surface area (Å²) in [5.41, 5.74) is -0.320. The van der Waals surface area contributed by atoms with Crippen LogP contribution in [-0.4, -0.2) is 33.4 Å². The Kier molecular flexibility index (Phi) is 5.43. The minimum absolute atomic E-state index is 0.0106. The zero-order valence-electron chi connectivity index (χ0n) is 16.5. The van der Waals surface area contributed by atoms with Crippen LogP contribution in [0.2, 0.25) is 0 Å². The number of piperidine rings is 1. The summed E-state index contributed by atoms with van der Waals surface area (Å²) in [5.74, 6) is -0.179. The van der Waals surface area contributed by atoms with E-state index in [-0.39, 0.29) is 18.4 Å². The number of amides is 1. The number of nitrogens with one attached hydrogen (secondary N) is 1. The van der Waals surface area contributed by atoms with E-state index in [1.54, 1.807) is 29.2 Å². The molecule has 1 saturated heterocycles. The van der Waals surface area contributed by atoms with Gasteiger partial charge in [-0.2, -0.15) is 13.2 Å². The first-order valence-electron chi connectivity index (χ1n) is 9.91. The molecule has 1 aliphatic heterocycles. The van der Waals surface area contributed by atoms with Crippen molar-refractivity contribution in [2.75, 3.05) is 13.1 Å². The molecule has 1 aromatic heterocycles. The van der Waals surface area contributed by atoms with Crippen LogP contribution in [0, 0.1) is 0 Å². The first-order chi connectivity index (χ1) is 14.7. The number of alkyl halides is 3. The van der Waals surface area contributed by atoms with Gasteiger partial charge in [-0.3, -0.25) is 19.0 Å². The first-order valence-corrected chi connectivity index (χ1v) is 9.91. The van der Waals surface area contributed by atoms with Gasteiger partial charge in [-0.25, -0.2) is 0 Å². The van der Waals surface area contributed by atoms with Crippen LogP contribution in [0.1, 0.15) is 30.0 Å². The van der Waals surface area contributed by atoms with Gasteiger partial charge in [0, 0.05) is 19.1 Å². The molecule has 162 valence electrons. The maximum Gasteiger partial charge on any atom is 0.416 e. The molecule has 31 heavy (non-hydrogen) atoms. The van der Waals surface area contributed by atoms with Crippen LogP contribution in [0.5, 0.6) is 0 Å². The highest BCUT2D eigenvalue weighted by Gasteiger charge is 2.30. The highest BCUT2D eigenvalue weighted by molar-refractivity contribution is 5.79. The molecule has 2 aromatic carbocycles. The van der Waals surface area contributed by atoms with Crippen molar-refractivity contribution in [3.8, 4) is 0 Å². The standard InChI is InChI=1S/C22H20F3N3O3/c23-22(24,25)15-7-5-14(6-8-15)13-19(29)27-11-9-16(10-12-27)28-18-4-2-1-3-17(18)26-20(30)21(28)31/h1-8,16H,9-13H2,(H,26,30). The molecular formula is C22H20F3N3O3. The fraction of sp³-hybridized carbons (Fsp3) is 0.318. The summed E-state index contributed by atoms with van der Waals surface area (Å²) in [6.07, 6.45) is -3.39. The average molecular weight is 431 g/mol. The molecule has 0 bridgehead atoms. The number of likely N-dealkylation sites (tertiary alicyclic amines) is 1. The molecule has 2 heterocycles. The molecule has 0 saturated carbocycles. The number of halogens is 3. The van der Waals surface area contributed by atoms with Gasteiger partial charge in [0.25, 0.3) is 0 Å². The summed E-state index contributed by atoms with van der Waals surface area (Å²) >= 11 is 0. The van der Waals surface area contributed by atoms with Crippen LogP contribution in [0.15, 0.2) is 58.1 Å². The Morgan fingerprint density at radius 1 is 1.00 bits per heavy atom. The third-order valence-electron chi connectivity index (χ3n) is 5.64. The number of para-hydroxylation sites is 2. The van der Waals surface area contributed by atoms with E-state index in [9.17, 15) is 27.6 Å². The summed E-state index contributed by atoms with van der Waals surface area (Å²) < 4.78 is 39.5. The second kappa shape index (κ2) is 8.05. The number of benzene rings is 2. The van der Waals surface area contributed by atoms with E-state index in [1.807, 2.05) is 0 Å². The minimum Gasteiger partial charge on any atom is -0.342 e. The summed E-state index contributed by atoms with van der Waals surface area (Å²) in [7, 11) is 0. The molecule has 9 heteroatoms. The molecule has 1 aliphatic rings. The van der Waals surface area contributed by atoms with Gasteiger partial charge in [-0.15, -0.1) is 0 Å². The third-order valence-corrected chi connectivity index (χ3v) is 5.64.